The van der Waals surface area contributed by atoms with E-state index in [1.165, 1.54) is 19.2 Å². The van der Waals surface area contributed by atoms with Gasteiger partial charge in [-0.25, -0.2) is 0 Å². The summed E-state index contributed by atoms with van der Waals surface area (Å²) in [6.07, 6.45) is 0. The molecule has 0 amide bonds. The zero-order chi connectivity index (χ0) is 17.0. The van der Waals surface area contributed by atoms with E-state index in [1.807, 2.05) is 6.92 Å². The van der Waals surface area contributed by atoms with Crippen LogP contribution in [0.25, 0.3) is 0 Å². The first-order valence-corrected chi connectivity index (χ1v) is 18.3. The molecule has 0 saturated carbocycles. The Hall–Kier alpha value is 2.19. The van der Waals surface area contributed by atoms with Crippen molar-refractivity contribution in [1.29, 1.82) is 0 Å². The van der Waals surface area contributed by atoms with Crippen molar-refractivity contribution in [2.45, 2.75) is 6.92 Å². The van der Waals surface area contributed by atoms with E-state index < -0.39 is 0 Å². The summed E-state index contributed by atoms with van der Waals surface area (Å²) in [5.74, 6) is 0. The van der Waals surface area contributed by atoms with Crippen LogP contribution in [0.5, 0.6) is 0 Å². The summed E-state index contributed by atoms with van der Waals surface area (Å²) in [7, 11) is 1.52. The molecule has 0 fully saturated rings. The molecule has 0 aliphatic carbocycles. The van der Waals surface area contributed by atoms with Crippen molar-refractivity contribution in [3.8, 4) is 4.20 Å². The van der Waals surface area contributed by atoms with Gasteiger partial charge in [0.1, 0.15) is 0 Å². The minimum Gasteiger partial charge on any atom is -0.358 e. The zero-order valence-electron chi connectivity index (χ0n) is 16.7. The predicted octanol–water partition coefficient (Wildman–Crippen LogP) is 6.39. The van der Waals surface area contributed by atoms with E-state index in [4.69, 9.17) is 0 Å². The third-order valence-corrected chi connectivity index (χ3v) is 0. The Kier molecular flexibility index (Phi) is 71.1. The van der Waals surface area contributed by atoms with Gasteiger partial charge in [0, 0.05) is 0 Å². The number of rotatable bonds is 0. The normalized spacial score (nSPS) is 7.60. The van der Waals surface area contributed by atoms with Crippen LogP contribution in [0.4, 0.5) is 0 Å². The van der Waals surface area contributed by atoms with E-state index in [0.29, 0.717) is 31.7 Å². The van der Waals surface area contributed by atoms with Crippen LogP contribution in [-0.4, -0.2) is 80.0 Å². The van der Waals surface area contributed by atoms with Gasteiger partial charge in [-0.2, -0.15) is 0 Å². The maximum Gasteiger partial charge on any atom is -0.358 e. The van der Waals surface area contributed by atoms with Gasteiger partial charge in [0.05, 0.1) is 0 Å². The van der Waals surface area contributed by atoms with Crippen molar-refractivity contribution in [2.24, 2.45) is 0 Å². The molecule has 0 nitrogen and oxygen atoms in total. The van der Waals surface area contributed by atoms with E-state index in [2.05, 4.69) is 84.2 Å². The Bertz CT molecular complexity index is 117. The average Bonchev–Trinajstić information content (AvgIpc) is 1.97. The van der Waals surface area contributed by atoms with Crippen LogP contribution in [0, 0.1) is 11.6 Å². The topological polar surface area (TPSA) is 0 Å². The first-order chi connectivity index (χ1) is 8.34. The Morgan fingerprint density at radius 3 is 0.500 bits per heavy atom. The predicted molar refractivity (Wildman–Crippen MR) is 115 cm³/mol. The maximum atomic E-state index is 2.83. The summed E-state index contributed by atoms with van der Waals surface area (Å²) in [6.45, 7) is 28.7. The average molecular weight is 530 g/mol. The SMILES string of the molecule is CP(C)C.CP(C)C.CP(C)C.CP(C)C.C[C]#[W+].[CH3-]. The molecule has 0 N–H and O–H groups in total. The summed E-state index contributed by atoms with van der Waals surface area (Å²) < 4.78 is 2.83. The van der Waals surface area contributed by atoms with E-state index in [1.54, 1.807) is 0 Å². The standard InChI is InChI=1S/4C3H9P.C2H3.CH3.W/c4*1-4(2)3;1-2;;/h4*1-3H3;1H3;1H3;/q;;;;;-1;+1. The second-order valence-corrected chi connectivity index (χ2v) is 17.8. The van der Waals surface area contributed by atoms with Crippen LogP contribution in [0.15, 0.2) is 0 Å². The van der Waals surface area contributed by atoms with Crippen LogP contribution in [0.1, 0.15) is 6.92 Å². The van der Waals surface area contributed by atoms with Gasteiger partial charge in [-0.05, 0) is 80.0 Å². The largest absolute Gasteiger partial charge is 0.358 e. The van der Waals surface area contributed by atoms with Crippen molar-refractivity contribution in [1.82, 2.24) is 0 Å². The molecule has 0 bridgehead atoms. The van der Waals surface area contributed by atoms with Crippen LogP contribution >= 0.6 is 31.7 Å². The van der Waals surface area contributed by atoms with E-state index in [0.717, 1.165) is 0 Å². The van der Waals surface area contributed by atoms with Crippen LogP contribution in [-0.2, 0) is 19.2 Å². The molecule has 128 valence electrons. The molecule has 0 spiro atoms. The first-order valence-electron chi connectivity index (χ1n) is 6.07. The van der Waals surface area contributed by atoms with Crippen molar-refractivity contribution in [2.75, 3.05) is 80.0 Å². The minimum atomic E-state index is 0. The molecule has 0 aliphatic heterocycles. The zero-order valence-corrected chi connectivity index (χ0v) is 23.2. The van der Waals surface area contributed by atoms with Gasteiger partial charge in [0.15, 0.2) is 0 Å². The summed E-state index contributed by atoms with van der Waals surface area (Å²) >= 11 is 1.42. The fourth-order valence-electron chi connectivity index (χ4n) is 0. The van der Waals surface area contributed by atoms with Crippen LogP contribution in [0.3, 0.4) is 0 Å². The van der Waals surface area contributed by atoms with E-state index in [-0.39, 0.29) is 7.43 Å². The Morgan fingerprint density at radius 2 is 0.500 bits per heavy atom. The molecule has 0 heterocycles. The minimum absolute atomic E-state index is 0. The Morgan fingerprint density at radius 1 is 0.500 bits per heavy atom. The third-order valence-electron chi connectivity index (χ3n) is 0. The van der Waals surface area contributed by atoms with Gasteiger partial charge in [-0.3, -0.25) is 0 Å². The fraction of sp³-hybridized carbons (Fsp3) is 0.867. The van der Waals surface area contributed by atoms with Crippen molar-refractivity contribution < 1.29 is 19.2 Å². The molecule has 20 heavy (non-hydrogen) atoms. The van der Waals surface area contributed by atoms with Gasteiger partial charge in [-0.1, -0.05) is 0 Å². The molecule has 0 atom stereocenters. The second kappa shape index (κ2) is 37.4. The summed E-state index contributed by atoms with van der Waals surface area (Å²) in [6, 6.07) is 0. The van der Waals surface area contributed by atoms with Crippen molar-refractivity contribution in [3.63, 3.8) is 0 Å². The molecule has 0 unspecified atom stereocenters. The molecule has 0 rings (SSSR count). The molecule has 5 heteroatoms. The third kappa shape index (κ3) is 1550. The molecular weight excluding hydrogens is 488 g/mol. The van der Waals surface area contributed by atoms with Gasteiger partial charge >= 0.3 is 30.3 Å². The Balaban J connectivity index is -0.0000000304. The number of hydrogen-bond donors (Lipinski definition) is 0. The van der Waals surface area contributed by atoms with Gasteiger partial charge < -0.3 is 7.43 Å². The molecule has 0 aliphatic rings. The molecule has 0 radical (unpaired) electrons. The van der Waals surface area contributed by atoms with Crippen molar-refractivity contribution >= 4 is 31.7 Å². The van der Waals surface area contributed by atoms with Gasteiger partial charge in [0.25, 0.3) is 0 Å². The summed E-state index contributed by atoms with van der Waals surface area (Å²) in [5.41, 5.74) is 0. The Labute approximate surface area is 149 Å². The monoisotopic (exact) mass is 530 g/mol. The molecular formula is C15H42P4W. The van der Waals surface area contributed by atoms with Crippen molar-refractivity contribution in [3.05, 3.63) is 7.43 Å². The fourth-order valence-corrected chi connectivity index (χ4v) is 0. The van der Waals surface area contributed by atoms with Gasteiger partial charge in [-0.15, -0.1) is 31.7 Å². The smallest absolute Gasteiger partial charge is 0.358 e. The molecule has 0 aromatic rings. The number of hydrogen-bond acceptors (Lipinski definition) is 0. The second-order valence-electron chi connectivity index (χ2n) is 5.57. The molecule has 0 aromatic heterocycles. The van der Waals surface area contributed by atoms with E-state index >= 15 is 0 Å². The van der Waals surface area contributed by atoms with Crippen LogP contribution in [0.2, 0.25) is 0 Å². The summed E-state index contributed by atoms with van der Waals surface area (Å²) in [5, 5.41) is 0. The first kappa shape index (κ1) is 38.0. The molecule has 0 aromatic carbocycles. The van der Waals surface area contributed by atoms with E-state index in [9.17, 15) is 0 Å². The summed E-state index contributed by atoms with van der Waals surface area (Å²) in [4.78, 5) is 0. The van der Waals surface area contributed by atoms with Crippen LogP contribution < -0.4 is 0 Å². The maximum absolute atomic E-state index is 2.83. The molecule has 0 saturated heterocycles. The quantitative estimate of drug-likeness (QED) is 0.252. The van der Waals surface area contributed by atoms with Gasteiger partial charge in [0.2, 0.25) is 0 Å².